The number of pyridine rings is 1. The number of carboxylic acids is 1. The van der Waals surface area contributed by atoms with Crippen LogP contribution in [0.1, 0.15) is 37.3 Å². The first-order valence-corrected chi connectivity index (χ1v) is 15.1. The molecule has 218 valence electrons. The number of anilines is 1. The van der Waals surface area contributed by atoms with Gasteiger partial charge in [0.05, 0.1) is 27.1 Å². The molecule has 6 atom stereocenters. The maximum absolute atomic E-state index is 16.4. The Bertz CT molecular complexity index is 1570. The van der Waals surface area contributed by atoms with E-state index in [2.05, 4.69) is 15.3 Å². The van der Waals surface area contributed by atoms with Gasteiger partial charge >= 0.3 is 5.97 Å². The summed E-state index contributed by atoms with van der Waals surface area (Å²) in [6, 6.07) is 7.14. The van der Waals surface area contributed by atoms with Gasteiger partial charge in [0.25, 0.3) is 6.43 Å². The molecule has 3 aliphatic rings. The van der Waals surface area contributed by atoms with Crippen LogP contribution in [0, 0.1) is 5.92 Å². The summed E-state index contributed by atoms with van der Waals surface area (Å²) in [5.74, 6) is -1.80. The van der Waals surface area contributed by atoms with E-state index in [4.69, 9.17) is 20.8 Å². The number of amidine groups is 1. The summed E-state index contributed by atoms with van der Waals surface area (Å²) in [6.07, 6.45) is -3.63. The summed E-state index contributed by atoms with van der Waals surface area (Å²) in [7, 11) is -1.51. The van der Waals surface area contributed by atoms with Crippen molar-refractivity contribution in [1.29, 1.82) is 0 Å². The fraction of sp³-hybridized carbons (Fsp3) is 0.444. The number of rotatable bonds is 6. The van der Waals surface area contributed by atoms with E-state index in [0.29, 0.717) is 16.7 Å². The second-order valence-electron chi connectivity index (χ2n) is 10.6. The topological polar surface area (TPSA) is 117 Å². The second kappa shape index (κ2) is 10.6. The molecular weight excluding hydrogens is 585 g/mol. The molecule has 3 aromatic rings. The fourth-order valence-corrected chi connectivity index (χ4v) is 7.75. The molecule has 5 heterocycles. The average Bonchev–Trinajstić information content (AvgIpc) is 3.53. The summed E-state index contributed by atoms with van der Waals surface area (Å²) < 4.78 is 68.4. The van der Waals surface area contributed by atoms with Crippen molar-refractivity contribution in [3.63, 3.8) is 0 Å². The third-order valence-corrected chi connectivity index (χ3v) is 9.89. The van der Waals surface area contributed by atoms with Gasteiger partial charge in [-0.25, -0.2) is 23.1 Å². The molecule has 2 N–H and O–H groups in total. The molecule has 0 amide bonds. The lowest BCUT2D eigenvalue weighted by Gasteiger charge is -2.34. The van der Waals surface area contributed by atoms with Crippen molar-refractivity contribution < 1.29 is 36.4 Å². The molecule has 2 fully saturated rings. The fourth-order valence-electron chi connectivity index (χ4n) is 5.93. The highest BCUT2D eigenvalue weighted by atomic mass is 35.5. The first kappa shape index (κ1) is 28.0. The van der Waals surface area contributed by atoms with Gasteiger partial charge in [-0.05, 0) is 18.2 Å². The van der Waals surface area contributed by atoms with Gasteiger partial charge in [-0.15, -0.1) is 4.21 Å². The van der Waals surface area contributed by atoms with E-state index in [9.17, 15) is 22.9 Å². The Hall–Kier alpha value is -3.16. The van der Waals surface area contributed by atoms with Crippen LogP contribution >= 0.6 is 11.6 Å². The number of nitrogens with one attached hydrogen (secondary N) is 1. The normalized spacial score (nSPS) is 30.2. The molecular formula is C27H27ClF3N4O5S+. The highest BCUT2D eigenvalue weighted by Crippen LogP contribution is 2.47. The Kier molecular flexibility index (Phi) is 7.23. The van der Waals surface area contributed by atoms with Crippen molar-refractivity contribution in [2.75, 3.05) is 23.4 Å². The zero-order chi connectivity index (χ0) is 29.1. The average molecular weight is 612 g/mol. The highest BCUT2D eigenvalue weighted by Gasteiger charge is 2.49. The predicted molar refractivity (Wildman–Crippen MR) is 148 cm³/mol. The first-order chi connectivity index (χ1) is 19.5. The summed E-state index contributed by atoms with van der Waals surface area (Å²) in [4.78, 5) is 22.2. The third kappa shape index (κ3) is 4.97. The minimum Gasteiger partial charge on any atom is -0.480 e. The van der Waals surface area contributed by atoms with E-state index in [1.165, 1.54) is 17.2 Å². The van der Waals surface area contributed by atoms with Crippen LogP contribution < -0.4 is 10.1 Å². The molecule has 2 saturated heterocycles. The van der Waals surface area contributed by atoms with Crippen LogP contribution in [0.4, 0.5) is 18.9 Å². The minimum absolute atomic E-state index is 0.00528. The number of aliphatic carboxylic acids is 1. The molecule has 14 heteroatoms. The third-order valence-electron chi connectivity index (χ3n) is 8.01. The largest absolute Gasteiger partial charge is 0.480 e. The van der Waals surface area contributed by atoms with Gasteiger partial charge in [0.15, 0.2) is 23.4 Å². The maximum atomic E-state index is 16.4. The van der Waals surface area contributed by atoms with Gasteiger partial charge in [0.1, 0.15) is 29.2 Å². The van der Waals surface area contributed by atoms with Crippen LogP contribution in [0.2, 0.25) is 5.02 Å². The van der Waals surface area contributed by atoms with E-state index in [0.717, 1.165) is 0 Å². The van der Waals surface area contributed by atoms with Crippen LogP contribution in [0.25, 0.3) is 11.0 Å². The van der Waals surface area contributed by atoms with E-state index in [-0.39, 0.29) is 53.1 Å². The standard InChI is InChI=1S/C27H26ClF3N4O5S/c1-13-12-41(38)7-6-27(13,31)17-8-14(28)10-32-25(17)39-15-9-18(26(36)37)35(11-15)24-21-20(33-23(34-24)22(29)30)16-4-2-3-5-19(16)40-21/h2-5,8,10,13,15,18,22,24H,6-7,9,11-12H2,1H3,(H,33,34)(H,36,37)/p+1/t13-,15-,18-,24?,27+,41?/m0/s1. The molecule has 6 rings (SSSR count). The van der Waals surface area contributed by atoms with E-state index < -0.39 is 58.9 Å². The van der Waals surface area contributed by atoms with Crippen LogP contribution in [-0.4, -0.2) is 63.4 Å². The number of likely N-dealkylation sites (tertiary alicyclic amines) is 1. The number of aliphatic imine (C=N–C) groups is 1. The molecule has 0 bridgehead atoms. The highest BCUT2D eigenvalue weighted by molar-refractivity contribution is 7.84. The molecule has 2 unspecified atom stereocenters. The number of thiol groups is 1. The van der Waals surface area contributed by atoms with Crippen molar-refractivity contribution in [2.24, 2.45) is 10.9 Å². The lowest BCUT2D eigenvalue weighted by Crippen LogP contribution is -2.41. The molecule has 0 aliphatic carbocycles. The number of para-hydroxylation sites is 1. The number of fused-ring (bicyclic) bond motifs is 3. The number of halogens is 4. The number of ether oxygens (including phenoxy) is 1. The van der Waals surface area contributed by atoms with Gasteiger partial charge in [-0.2, -0.15) is 0 Å². The predicted octanol–water partition coefficient (Wildman–Crippen LogP) is 5.08. The Morgan fingerprint density at radius 2 is 2.15 bits per heavy atom. The number of furan rings is 1. The van der Waals surface area contributed by atoms with Gasteiger partial charge in [-0.1, -0.05) is 30.7 Å². The molecule has 41 heavy (non-hydrogen) atoms. The van der Waals surface area contributed by atoms with Crippen molar-refractivity contribution >= 4 is 50.9 Å². The maximum Gasteiger partial charge on any atom is 0.321 e. The lowest BCUT2D eigenvalue weighted by molar-refractivity contribution is -0.143. The second-order valence-corrected chi connectivity index (χ2v) is 12.8. The summed E-state index contributed by atoms with van der Waals surface area (Å²) in [5.41, 5.74) is -1.04. The number of nitrogens with zero attached hydrogens (tertiary/aromatic N) is 3. The minimum atomic E-state index is -2.94. The Morgan fingerprint density at radius 3 is 2.88 bits per heavy atom. The number of hydrogen-bond donors (Lipinski definition) is 2. The smallest absolute Gasteiger partial charge is 0.321 e. The molecule has 1 aromatic carbocycles. The molecule has 2 aromatic heterocycles. The number of aromatic nitrogens is 1. The van der Waals surface area contributed by atoms with E-state index in [1.807, 2.05) is 0 Å². The monoisotopic (exact) mass is 611 g/mol. The first-order valence-electron chi connectivity index (χ1n) is 13.1. The Labute approximate surface area is 240 Å². The molecule has 3 aliphatic heterocycles. The molecule has 9 nitrogen and oxygen atoms in total. The zero-order valence-corrected chi connectivity index (χ0v) is 23.4. The summed E-state index contributed by atoms with van der Waals surface area (Å²) in [6.45, 7) is 1.64. The number of alkyl halides is 3. The zero-order valence-electron chi connectivity index (χ0n) is 21.8. The van der Waals surface area contributed by atoms with Crippen LogP contribution in [0.3, 0.4) is 0 Å². The van der Waals surface area contributed by atoms with Crippen molar-refractivity contribution in [2.45, 2.75) is 50.2 Å². The van der Waals surface area contributed by atoms with Crippen molar-refractivity contribution in [1.82, 2.24) is 9.88 Å². The Balaban J connectivity index is 1.34. The summed E-state index contributed by atoms with van der Waals surface area (Å²) in [5, 5.41) is 13.5. The molecule has 0 radical (unpaired) electrons. The number of hydrogen-bond acceptors (Lipinski definition) is 8. The van der Waals surface area contributed by atoms with Crippen molar-refractivity contribution in [3.8, 4) is 5.88 Å². The van der Waals surface area contributed by atoms with Crippen LogP contribution in [0.5, 0.6) is 5.88 Å². The Morgan fingerprint density at radius 1 is 1.37 bits per heavy atom. The van der Waals surface area contributed by atoms with E-state index in [1.54, 1.807) is 31.2 Å². The van der Waals surface area contributed by atoms with Gasteiger partial charge in [-0.3, -0.25) is 9.69 Å². The molecule has 0 saturated carbocycles. The number of carboxylic acid groups (broad SMARTS) is 1. The van der Waals surface area contributed by atoms with Gasteiger partial charge in [0, 0.05) is 36.9 Å². The quantitative estimate of drug-likeness (QED) is 0.293. The number of carbonyl (C=O) groups is 1. The lowest BCUT2D eigenvalue weighted by atomic mass is 9.83. The summed E-state index contributed by atoms with van der Waals surface area (Å²) >= 11 is 6.18. The van der Waals surface area contributed by atoms with Crippen molar-refractivity contribution in [3.05, 3.63) is 52.9 Å². The SMILES string of the molecule is C[C@H]1C[SH+](=O)CC[C@]1(F)c1cc(Cl)cnc1O[C@H]1C[C@@H](C(=O)O)N(C2N=C(C(F)F)Nc3c2oc2ccccc32)C1. The van der Waals surface area contributed by atoms with Crippen LogP contribution in [-0.2, 0) is 25.5 Å². The molecule has 0 spiro atoms. The van der Waals surface area contributed by atoms with Gasteiger partial charge in [0.2, 0.25) is 5.88 Å². The van der Waals surface area contributed by atoms with Crippen LogP contribution in [0.15, 0.2) is 45.9 Å². The van der Waals surface area contributed by atoms with E-state index >= 15 is 4.39 Å². The number of benzene rings is 1. The van der Waals surface area contributed by atoms with Gasteiger partial charge < -0.3 is 19.6 Å².